The van der Waals surface area contributed by atoms with Crippen molar-refractivity contribution < 1.29 is 37.8 Å². The zero-order valence-electron chi connectivity index (χ0n) is 23.5. The minimum absolute atomic E-state index is 0.0292. The molecule has 12 nitrogen and oxygen atoms in total. The Morgan fingerprint density at radius 3 is 2.42 bits per heavy atom. The third kappa shape index (κ3) is 8.35. The third-order valence-electron chi connectivity index (χ3n) is 7.04. The van der Waals surface area contributed by atoms with Gasteiger partial charge in [-0.3, -0.25) is 19.9 Å². The van der Waals surface area contributed by atoms with E-state index in [2.05, 4.69) is 15.7 Å². The van der Waals surface area contributed by atoms with E-state index in [0.29, 0.717) is 0 Å². The van der Waals surface area contributed by atoms with Crippen molar-refractivity contribution in [1.82, 2.24) is 25.2 Å². The number of halogens is 2. The lowest BCUT2D eigenvalue weighted by Gasteiger charge is -2.34. The van der Waals surface area contributed by atoms with Crippen LogP contribution in [-0.2, 0) is 20.9 Å². The van der Waals surface area contributed by atoms with Gasteiger partial charge < -0.3 is 19.6 Å². The van der Waals surface area contributed by atoms with E-state index in [1.54, 1.807) is 12.3 Å². The van der Waals surface area contributed by atoms with E-state index in [-0.39, 0.29) is 69.5 Å². The summed E-state index contributed by atoms with van der Waals surface area (Å²) in [6.45, 7) is 1.46. The molecule has 14 heteroatoms. The standard InChI is InChI=1S/C29H32F2N6O6/c1-19(38)37(33-17-22-7-4-8-24(30)27(22)31)23(9-10-26(39)35-11-13-36(14-12-35)29(41)42)18-43-28(40)34-25-15-20-5-2-3-6-21(20)16-32-25/h2-8,15-16,23,33H,9-14,17-18H2,1H3,(H,41,42)(H,32,34,40)/t23-/m0/s1. The highest BCUT2D eigenvalue weighted by Gasteiger charge is 2.28. The first-order valence-corrected chi connectivity index (χ1v) is 13.6. The van der Waals surface area contributed by atoms with Gasteiger partial charge >= 0.3 is 12.2 Å². The molecule has 1 saturated heterocycles. The van der Waals surface area contributed by atoms with E-state index in [4.69, 9.17) is 9.84 Å². The molecule has 3 aromatic rings. The molecule has 228 valence electrons. The number of hydrogen-bond donors (Lipinski definition) is 3. The Morgan fingerprint density at radius 1 is 1.02 bits per heavy atom. The molecule has 3 N–H and O–H groups in total. The lowest BCUT2D eigenvalue weighted by atomic mass is 10.1. The fourth-order valence-corrected chi connectivity index (χ4v) is 4.70. The van der Waals surface area contributed by atoms with Crippen molar-refractivity contribution in [3.8, 4) is 0 Å². The van der Waals surface area contributed by atoms with Crippen LogP contribution in [0.3, 0.4) is 0 Å². The fourth-order valence-electron chi connectivity index (χ4n) is 4.70. The predicted molar refractivity (Wildman–Crippen MR) is 152 cm³/mol. The molecule has 1 aliphatic heterocycles. The van der Waals surface area contributed by atoms with Crippen LogP contribution in [0.15, 0.2) is 54.7 Å². The van der Waals surface area contributed by atoms with Gasteiger partial charge in [-0.1, -0.05) is 36.4 Å². The van der Waals surface area contributed by atoms with Crippen LogP contribution < -0.4 is 10.7 Å². The van der Waals surface area contributed by atoms with Crippen molar-refractivity contribution >= 4 is 40.6 Å². The topological polar surface area (TPSA) is 144 Å². The van der Waals surface area contributed by atoms with Gasteiger partial charge in [0.25, 0.3) is 0 Å². The van der Waals surface area contributed by atoms with Crippen molar-refractivity contribution in [3.05, 3.63) is 71.9 Å². The molecule has 43 heavy (non-hydrogen) atoms. The van der Waals surface area contributed by atoms with Gasteiger partial charge in [0.1, 0.15) is 12.4 Å². The smallest absolute Gasteiger partial charge is 0.412 e. The Hall–Kier alpha value is -4.85. The first-order valence-electron chi connectivity index (χ1n) is 13.6. The number of nitrogens with zero attached hydrogens (tertiary/aromatic N) is 4. The van der Waals surface area contributed by atoms with Gasteiger partial charge in [-0.25, -0.2) is 28.8 Å². The van der Waals surface area contributed by atoms with E-state index < -0.39 is 35.8 Å². The van der Waals surface area contributed by atoms with Crippen molar-refractivity contribution in [3.63, 3.8) is 0 Å². The monoisotopic (exact) mass is 598 g/mol. The van der Waals surface area contributed by atoms with Gasteiger partial charge in [0.15, 0.2) is 11.6 Å². The van der Waals surface area contributed by atoms with Crippen LogP contribution in [0.1, 0.15) is 25.3 Å². The Bertz CT molecular complexity index is 1480. The number of fused-ring (bicyclic) bond motifs is 1. The van der Waals surface area contributed by atoms with E-state index in [1.807, 2.05) is 24.3 Å². The average molecular weight is 599 g/mol. The highest BCUT2D eigenvalue weighted by atomic mass is 19.2. The number of carbonyl (C=O) groups excluding carboxylic acids is 3. The number of carbonyl (C=O) groups is 4. The van der Waals surface area contributed by atoms with Crippen LogP contribution in [-0.4, -0.2) is 87.7 Å². The molecule has 0 saturated carbocycles. The number of piperazine rings is 1. The van der Waals surface area contributed by atoms with Gasteiger partial charge in [0, 0.05) is 63.2 Å². The lowest BCUT2D eigenvalue weighted by Crippen LogP contribution is -2.52. The molecule has 0 aliphatic carbocycles. The molecule has 0 bridgehead atoms. The Kier molecular flexibility index (Phi) is 10.4. The quantitative estimate of drug-likeness (QED) is 0.301. The highest BCUT2D eigenvalue weighted by molar-refractivity contribution is 5.89. The molecular formula is C29H32F2N6O6. The molecule has 0 spiro atoms. The van der Waals surface area contributed by atoms with Gasteiger partial charge in [-0.2, -0.15) is 0 Å². The van der Waals surface area contributed by atoms with Gasteiger partial charge in [-0.05, 0) is 23.9 Å². The second kappa shape index (κ2) is 14.4. The number of benzene rings is 2. The highest BCUT2D eigenvalue weighted by Crippen LogP contribution is 2.17. The number of pyridine rings is 1. The van der Waals surface area contributed by atoms with E-state index >= 15 is 0 Å². The second-order valence-corrected chi connectivity index (χ2v) is 9.92. The van der Waals surface area contributed by atoms with Crippen LogP contribution in [0.5, 0.6) is 0 Å². The molecule has 0 unspecified atom stereocenters. The van der Waals surface area contributed by atoms with Gasteiger partial charge in [-0.15, -0.1) is 0 Å². The summed E-state index contributed by atoms with van der Waals surface area (Å²) < 4.78 is 33.4. The third-order valence-corrected chi connectivity index (χ3v) is 7.04. The normalized spacial score (nSPS) is 13.8. The van der Waals surface area contributed by atoms with Crippen molar-refractivity contribution in [2.75, 3.05) is 38.1 Å². The summed E-state index contributed by atoms with van der Waals surface area (Å²) in [6.07, 6.45) is -0.294. The number of hydrogen-bond acceptors (Lipinski definition) is 7. The van der Waals surface area contributed by atoms with Crippen LogP contribution in [0.25, 0.3) is 10.8 Å². The number of rotatable bonds is 10. The maximum Gasteiger partial charge on any atom is 0.412 e. The minimum Gasteiger partial charge on any atom is -0.465 e. The van der Waals surface area contributed by atoms with E-state index in [1.165, 1.54) is 28.9 Å². The SMILES string of the molecule is CC(=O)N(NCc1cccc(F)c1F)[C@@H](CCC(=O)N1CCN(C(=O)O)CC1)COC(=O)Nc1cc2ccccc2cn1. The van der Waals surface area contributed by atoms with Crippen LogP contribution in [0, 0.1) is 11.6 Å². The Balaban J connectivity index is 1.42. The number of amides is 4. The van der Waals surface area contributed by atoms with Gasteiger partial charge in [0.2, 0.25) is 11.8 Å². The molecule has 2 heterocycles. The zero-order valence-corrected chi connectivity index (χ0v) is 23.5. The minimum atomic E-state index is -1.07. The van der Waals surface area contributed by atoms with Crippen LogP contribution in [0.2, 0.25) is 0 Å². The van der Waals surface area contributed by atoms with Crippen LogP contribution >= 0.6 is 0 Å². The largest absolute Gasteiger partial charge is 0.465 e. The summed E-state index contributed by atoms with van der Waals surface area (Å²) in [4.78, 5) is 56.4. The first kappa shape index (κ1) is 31.1. The summed E-state index contributed by atoms with van der Waals surface area (Å²) in [5.74, 6) is -2.63. The number of hydrazine groups is 1. The molecule has 4 rings (SSSR count). The molecule has 2 aromatic carbocycles. The number of ether oxygens (including phenoxy) is 1. The summed E-state index contributed by atoms with van der Waals surface area (Å²) >= 11 is 0. The molecule has 1 fully saturated rings. The fraction of sp³-hybridized carbons (Fsp3) is 0.345. The summed E-state index contributed by atoms with van der Waals surface area (Å²) in [6, 6.07) is 11.9. The summed E-state index contributed by atoms with van der Waals surface area (Å²) in [5.41, 5.74) is 2.75. The van der Waals surface area contributed by atoms with Crippen molar-refractivity contribution in [1.29, 1.82) is 0 Å². The molecule has 1 atom stereocenters. The van der Waals surface area contributed by atoms with Crippen molar-refractivity contribution in [2.45, 2.75) is 32.4 Å². The Morgan fingerprint density at radius 2 is 1.72 bits per heavy atom. The average Bonchev–Trinajstić information content (AvgIpc) is 2.99. The molecule has 1 aromatic heterocycles. The number of nitrogens with one attached hydrogen (secondary N) is 2. The lowest BCUT2D eigenvalue weighted by molar-refractivity contribution is -0.139. The molecule has 0 radical (unpaired) electrons. The molecule has 4 amide bonds. The summed E-state index contributed by atoms with van der Waals surface area (Å²) in [5, 5.41) is 14.5. The second-order valence-electron chi connectivity index (χ2n) is 9.92. The Labute approximate surface area is 246 Å². The predicted octanol–water partition coefficient (Wildman–Crippen LogP) is 3.59. The number of carboxylic acid groups (broad SMARTS) is 1. The number of aromatic nitrogens is 1. The maximum absolute atomic E-state index is 14.3. The van der Waals surface area contributed by atoms with Crippen LogP contribution in [0.4, 0.5) is 24.2 Å². The first-order chi connectivity index (χ1) is 20.6. The van der Waals surface area contributed by atoms with E-state index in [0.717, 1.165) is 21.8 Å². The molecule has 1 aliphatic rings. The number of anilines is 1. The zero-order chi connectivity index (χ0) is 30.9. The summed E-state index contributed by atoms with van der Waals surface area (Å²) in [7, 11) is 0. The van der Waals surface area contributed by atoms with Gasteiger partial charge in [0.05, 0.1) is 6.04 Å². The van der Waals surface area contributed by atoms with Crippen molar-refractivity contribution in [2.24, 2.45) is 0 Å². The molecular weight excluding hydrogens is 566 g/mol. The van der Waals surface area contributed by atoms with E-state index in [9.17, 15) is 28.0 Å². The maximum atomic E-state index is 14.3.